The molecule has 0 aliphatic rings. The van der Waals surface area contributed by atoms with Crippen molar-refractivity contribution in [1.29, 1.82) is 0 Å². The number of hydrogen-bond acceptors (Lipinski definition) is 2. The fourth-order valence-electron chi connectivity index (χ4n) is 1.41. The van der Waals surface area contributed by atoms with Crippen LogP contribution in [0.25, 0.3) is 0 Å². The van der Waals surface area contributed by atoms with Gasteiger partial charge in [-0.3, -0.25) is 0 Å². The molecule has 0 radical (unpaired) electrons. The molecule has 0 saturated heterocycles. The molecule has 1 rings (SSSR count). The second kappa shape index (κ2) is 4.80. The Hall–Kier alpha value is -1.31. The molecule has 0 aliphatic heterocycles. The summed E-state index contributed by atoms with van der Waals surface area (Å²) in [6.07, 6.45) is 1.88. The molecule has 2 heteroatoms. The van der Waals surface area contributed by atoms with Crippen LogP contribution in [0, 0.1) is 0 Å². The molecule has 0 amide bonds. The zero-order chi connectivity index (χ0) is 10.6. The highest BCUT2D eigenvalue weighted by Crippen LogP contribution is 2.12. The van der Waals surface area contributed by atoms with Crippen molar-refractivity contribution in [1.82, 2.24) is 0 Å². The lowest BCUT2D eigenvalue weighted by Crippen LogP contribution is -2.03. The van der Waals surface area contributed by atoms with Gasteiger partial charge in [0.1, 0.15) is 0 Å². The van der Waals surface area contributed by atoms with E-state index in [4.69, 9.17) is 4.74 Å². The Kier molecular flexibility index (Phi) is 3.69. The molecule has 0 atom stereocenters. The number of carbonyl (C=O) groups excluding carboxylic acids is 1. The zero-order valence-electron chi connectivity index (χ0n) is 8.96. The highest BCUT2D eigenvalue weighted by molar-refractivity contribution is 5.89. The molecule has 1 aromatic rings. The average Bonchev–Trinajstić information content (AvgIpc) is 2.27. The number of aryl methyl sites for hydroxylation is 2. The van der Waals surface area contributed by atoms with E-state index in [2.05, 4.69) is 19.9 Å². The Morgan fingerprint density at radius 1 is 1.14 bits per heavy atom. The summed E-state index contributed by atoms with van der Waals surface area (Å²) in [5.74, 6) is -0.255. The van der Waals surface area contributed by atoms with E-state index in [1.165, 1.54) is 18.2 Å². The van der Waals surface area contributed by atoms with Crippen molar-refractivity contribution >= 4 is 5.97 Å². The van der Waals surface area contributed by atoms with Crippen molar-refractivity contribution in [2.75, 3.05) is 7.11 Å². The number of rotatable bonds is 3. The van der Waals surface area contributed by atoms with Gasteiger partial charge in [-0.25, -0.2) is 4.79 Å². The van der Waals surface area contributed by atoms with Crippen LogP contribution in [0.4, 0.5) is 0 Å². The Morgan fingerprint density at radius 2 is 1.64 bits per heavy atom. The summed E-state index contributed by atoms with van der Waals surface area (Å²) >= 11 is 0. The minimum Gasteiger partial charge on any atom is -0.465 e. The first kappa shape index (κ1) is 10.8. The Morgan fingerprint density at radius 3 is 2.00 bits per heavy atom. The van der Waals surface area contributed by atoms with Crippen LogP contribution in [0.15, 0.2) is 18.2 Å². The summed E-state index contributed by atoms with van der Waals surface area (Å²) in [6, 6.07) is 5.92. The van der Waals surface area contributed by atoms with E-state index in [1.807, 2.05) is 12.1 Å². The standard InChI is InChI=1S/C12H16O2/c1-4-9-6-10(5-2)8-11(7-9)12(13)14-3/h6-8H,4-5H2,1-3H3. The first-order valence-corrected chi connectivity index (χ1v) is 4.92. The lowest BCUT2D eigenvalue weighted by Gasteiger charge is -2.05. The van der Waals surface area contributed by atoms with Gasteiger partial charge in [0.2, 0.25) is 0 Å². The van der Waals surface area contributed by atoms with Crippen LogP contribution in [0.3, 0.4) is 0 Å². The molecule has 0 fully saturated rings. The molecule has 0 spiro atoms. The lowest BCUT2D eigenvalue weighted by molar-refractivity contribution is 0.0600. The molecule has 1 aromatic carbocycles. The molecule has 0 heterocycles. The van der Waals surface area contributed by atoms with E-state index >= 15 is 0 Å². The summed E-state index contributed by atoms with van der Waals surface area (Å²) < 4.78 is 4.70. The van der Waals surface area contributed by atoms with Crippen LogP contribution < -0.4 is 0 Å². The van der Waals surface area contributed by atoms with Crippen LogP contribution >= 0.6 is 0 Å². The van der Waals surface area contributed by atoms with Gasteiger partial charge in [-0.05, 0) is 36.1 Å². The van der Waals surface area contributed by atoms with Gasteiger partial charge in [-0.1, -0.05) is 19.9 Å². The van der Waals surface area contributed by atoms with Crippen molar-refractivity contribution in [3.63, 3.8) is 0 Å². The van der Waals surface area contributed by atoms with E-state index in [9.17, 15) is 4.79 Å². The van der Waals surface area contributed by atoms with Gasteiger partial charge in [-0.2, -0.15) is 0 Å². The van der Waals surface area contributed by atoms with Crippen molar-refractivity contribution < 1.29 is 9.53 Å². The summed E-state index contributed by atoms with van der Waals surface area (Å²) in [7, 11) is 1.41. The molecule has 0 N–H and O–H groups in total. The van der Waals surface area contributed by atoms with E-state index in [1.54, 1.807) is 0 Å². The van der Waals surface area contributed by atoms with Crippen molar-refractivity contribution in [3.8, 4) is 0 Å². The van der Waals surface area contributed by atoms with Crippen LogP contribution in [-0.4, -0.2) is 13.1 Å². The highest BCUT2D eigenvalue weighted by atomic mass is 16.5. The zero-order valence-corrected chi connectivity index (χ0v) is 8.96. The quantitative estimate of drug-likeness (QED) is 0.688. The van der Waals surface area contributed by atoms with E-state index in [-0.39, 0.29) is 5.97 Å². The number of hydrogen-bond donors (Lipinski definition) is 0. The van der Waals surface area contributed by atoms with Gasteiger partial charge >= 0.3 is 5.97 Å². The molecule has 0 aliphatic carbocycles. The number of ether oxygens (including phenoxy) is 1. The molecule has 76 valence electrons. The molecular formula is C12H16O2. The fraction of sp³-hybridized carbons (Fsp3) is 0.417. The van der Waals surface area contributed by atoms with Crippen molar-refractivity contribution in [2.24, 2.45) is 0 Å². The van der Waals surface area contributed by atoms with E-state index < -0.39 is 0 Å². The van der Waals surface area contributed by atoms with Crippen molar-refractivity contribution in [2.45, 2.75) is 26.7 Å². The maximum Gasteiger partial charge on any atom is 0.337 e. The first-order valence-electron chi connectivity index (χ1n) is 4.92. The van der Waals surface area contributed by atoms with E-state index in [0.29, 0.717) is 5.56 Å². The molecule has 14 heavy (non-hydrogen) atoms. The van der Waals surface area contributed by atoms with Crippen molar-refractivity contribution in [3.05, 3.63) is 34.9 Å². The minimum atomic E-state index is -0.255. The smallest absolute Gasteiger partial charge is 0.337 e. The van der Waals surface area contributed by atoms with Gasteiger partial charge in [0.05, 0.1) is 12.7 Å². The lowest BCUT2D eigenvalue weighted by atomic mass is 10.0. The molecule has 2 nitrogen and oxygen atoms in total. The molecule has 0 aromatic heterocycles. The number of esters is 1. The first-order chi connectivity index (χ1) is 6.71. The van der Waals surface area contributed by atoms with Gasteiger partial charge in [0, 0.05) is 0 Å². The second-order valence-electron chi connectivity index (χ2n) is 3.24. The average molecular weight is 192 g/mol. The number of benzene rings is 1. The van der Waals surface area contributed by atoms with Crippen LogP contribution in [-0.2, 0) is 17.6 Å². The monoisotopic (exact) mass is 192 g/mol. The Labute approximate surface area is 84.9 Å². The summed E-state index contributed by atoms with van der Waals surface area (Å²) in [6.45, 7) is 4.16. The van der Waals surface area contributed by atoms with Gasteiger partial charge in [0.25, 0.3) is 0 Å². The van der Waals surface area contributed by atoms with Crippen LogP contribution in [0.1, 0.15) is 35.3 Å². The molecule has 0 unspecified atom stereocenters. The van der Waals surface area contributed by atoms with Crippen LogP contribution in [0.5, 0.6) is 0 Å². The molecule has 0 saturated carbocycles. The highest BCUT2D eigenvalue weighted by Gasteiger charge is 2.07. The maximum absolute atomic E-state index is 11.3. The molecular weight excluding hydrogens is 176 g/mol. The topological polar surface area (TPSA) is 26.3 Å². The van der Waals surface area contributed by atoms with E-state index in [0.717, 1.165) is 12.8 Å². The number of carbonyl (C=O) groups is 1. The fourth-order valence-corrected chi connectivity index (χ4v) is 1.41. The largest absolute Gasteiger partial charge is 0.465 e. The number of methoxy groups -OCH3 is 1. The van der Waals surface area contributed by atoms with Crippen LogP contribution in [0.2, 0.25) is 0 Å². The SMILES string of the molecule is CCc1cc(CC)cc(C(=O)OC)c1. The minimum absolute atomic E-state index is 0.255. The summed E-state index contributed by atoms with van der Waals surface area (Å²) in [5.41, 5.74) is 3.03. The normalized spacial score (nSPS) is 9.93. The Bertz CT molecular complexity index is 307. The second-order valence-corrected chi connectivity index (χ2v) is 3.24. The predicted molar refractivity (Wildman–Crippen MR) is 56.5 cm³/mol. The molecule has 0 bridgehead atoms. The van der Waals surface area contributed by atoms with Gasteiger partial charge in [0.15, 0.2) is 0 Å². The summed E-state index contributed by atoms with van der Waals surface area (Å²) in [5, 5.41) is 0. The van der Waals surface area contributed by atoms with Gasteiger partial charge in [-0.15, -0.1) is 0 Å². The third-order valence-corrected chi connectivity index (χ3v) is 2.29. The van der Waals surface area contributed by atoms with Gasteiger partial charge < -0.3 is 4.74 Å². The Balaban J connectivity index is 3.10. The maximum atomic E-state index is 11.3. The predicted octanol–water partition coefficient (Wildman–Crippen LogP) is 2.60. The third-order valence-electron chi connectivity index (χ3n) is 2.29. The summed E-state index contributed by atoms with van der Waals surface area (Å²) in [4.78, 5) is 11.3. The third kappa shape index (κ3) is 2.34.